The Balaban J connectivity index is 0.00000338. The lowest BCUT2D eigenvalue weighted by Crippen LogP contribution is -3.00. The van der Waals surface area contributed by atoms with Crippen LogP contribution in [0.25, 0.3) is 0 Å². The van der Waals surface area contributed by atoms with E-state index >= 15 is 0 Å². The van der Waals surface area contributed by atoms with Gasteiger partial charge in [-0.25, -0.2) is 4.79 Å². The van der Waals surface area contributed by atoms with Crippen molar-refractivity contribution in [3.05, 3.63) is 47.8 Å². The average molecular weight is 382 g/mol. The maximum Gasteiger partial charge on any atom is 0.338 e. The molecule has 0 fully saturated rings. The molecule has 26 heavy (non-hydrogen) atoms. The Morgan fingerprint density at radius 2 is 1.42 bits per heavy atom. The second-order valence-electron chi connectivity index (χ2n) is 5.09. The molecule has 0 aliphatic rings. The normalized spacial score (nSPS) is 9.69. The number of carbonyl (C=O) groups excluding carboxylic acids is 2. The topological polar surface area (TPSA) is 74.9 Å². The summed E-state index contributed by atoms with van der Waals surface area (Å²) in [5, 5.41) is 0. The summed E-state index contributed by atoms with van der Waals surface area (Å²) in [6, 6.07) is 6.39. The van der Waals surface area contributed by atoms with E-state index in [1.807, 2.05) is 0 Å². The number of Topliss-reactive ketones (excluding diaryl/α,β-unsaturated/α-hetero) is 1. The van der Waals surface area contributed by atoms with E-state index in [1.54, 1.807) is 41.2 Å². The molecule has 1 aromatic heterocycles. The Kier molecular flexibility index (Phi) is 7.86. The summed E-state index contributed by atoms with van der Waals surface area (Å²) in [6.45, 7) is 0.0973. The molecule has 8 heteroatoms. The lowest BCUT2D eigenvalue weighted by atomic mass is 10.1. The van der Waals surface area contributed by atoms with Gasteiger partial charge in [-0.1, -0.05) is 0 Å². The zero-order valence-corrected chi connectivity index (χ0v) is 15.7. The number of hydrogen-bond acceptors (Lipinski definition) is 6. The third kappa shape index (κ3) is 4.64. The SMILES string of the molecule is COC(=O)c1cc[n+](CC(=O)c2cc(OC)c(OC)c(OC)c2)cc1.[Cl-]. The predicted octanol–water partition coefficient (Wildman–Crippen LogP) is -1.33. The highest BCUT2D eigenvalue weighted by Crippen LogP contribution is 2.38. The summed E-state index contributed by atoms with van der Waals surface area (Å²) >= 11 is 0. The number of nitrogens with zero attached hydrogens (tertiary/aromatic N) is 1. The Bertz CT molecular complexity index is 751. The fraction of sp³-hybridized carbons (Fsp3) is 0.278. The molecule has 0 aliphatic heterocycles. The highest BCUT2D eigenvalue weighted by molar-refractivity contribution is 5.96. The number of esters is 1. The van der Waals surface area contributed by atoms with Crippen LogP contribution in [0.15, 0.2) is 36.7 Å². The number of hydrogen-bond donors (Lipinski definition) is 0. The standard InChI is InChI=1S/C18H20NO6.ClH/c1-22-15-9-13(10-16(23-2)17(15)24-3)14(20)11-19-7-5-12(6-8-19)18(21)25-4;/h5-10H,11H2,1-4H3;1H/q+1;/p-1. The molecule has 1 heterocycles. The maximum atomic E-state index is 12.6. The van der Waals surface area contributed by atoms with Crippen molar-refractivity contribution >= 4 is 11.8 Å². The molecule has 0 N–H and O–H groups in total. The molecule has 7 nitrogen and oxygen atoms in total. The molecule has 0 radical (unpaired) electrons. The quantitative estimate of drug-likeness (QED) is 0.336. The summed E-state index contributed by atoms with van der Waals surface area (Å²) in [5.41, 5.74) is 0.845. The first-order valence-electron chi connectivity index (χ1n) is 7.44. The van der Waals surface area contributed by atoms with Crippen LogP contribution in [0.3, 0.4) is 0 Å². The van der Waals surface area contributed by atoms with Crippen LogP contribution in [0.5, 0.6) is 17.2 Å². The maximum absolute atomic E-state index is 12.6. The molecule has 1 aromatic carbocycles. The number of halogens is 1. The number of carbonyl (C=O) groups is 2. The molecule has 0 amide bonds. The first-order chi connectivity index (χ1) is 12.0. The van der Waals surface area contributed by atoms with E-state index in [0.717, 1.165) is 0 Å². The zero-order valence-electron chi connectivity index (χ0n) is 14.9. The summed E-state index contributed by atoms with van der Waals surface area (Å²) in [5.74, 6) is 0.683. The van der Waals surface area contributed by atoms with Crippen molar-refractivity contribution in [1.29, 1.82) is 0 Å². The zero-order chi connectivity index (χ0) is 18.4. The van der Waals surface area contributed by atoms with Gasteiger partial charge in [0, 0.05) is 17.7 Å². The fourth-order valence-electron chi connectivity index (χ4n) is 2.32. The first kappa shape index (κ1) is 21.2. The van der Waals surface area contributed by atoms with Crippen LogP contribution in [0.4, 0.5) is 0 Å². The third-order valence-corrected chi connectivity index (χ3v) is 3.63. The van der Waals surface area contributed by atoms with Crippen LogP contribution in [0.2, 0.25) is 0 Å². The molecule has 0 atom stereocenters. The highest BCUT2D eigenvalue weighted by atomic mass is 35.5. The third-order valence-electron chi connectivity index (χ3n) is 3.63. The van der Waals surface area contributed by atoms with Gasteiger partial charge in [-0.05, 0) is 12.1 Å². The largest absolute Gasteiger partial charge is 1.00 e. The second-order valence-corrected chi connectivity index (χ2v) is 5.09. The first-order valence-corrected chi connectivity index (χ1v) is 7.44. The van der Waals surface area contributed by atoms with E-state index < -0.39 is 5.97 Å². The van der Waals surface area contributed by atoms with Gasteiger partial charge in [0.15, 0.2) is 23.9 Å². The van der Waals surface area contributed by atoms with E-state index in [2.05, 4.69) is 4.74 Å². The van der Waals surface area contributed by atoms with Crippen LogP contribution in [-0.2, 0) is 11.3 Å². The smallest absolute Gasteiger partial charge is 0.338 e. The molecule has 2 aromatic rings. The molecule has 140 valence electrons. The van der Waals surface area contributed by atoms with Gasteiger partial charge in [-0.3, -0.25) is 4.79 Å². The molecule has 0 saturated carbocycles. The average Bonchev–Trinajstić information content (AvgIpc) is 2.66. The van der Waals surface area contributed by atoms with E-state index in [4.69, 9.17) is 14.2 Å². The van der Waals surface area contributed by atoms with E-state index in [9.17, 15) is 9.59 Å². The van der Waals surface area contributed by atoms with Crippen molar-refractivity contribution in [2.75, 3.05) is 28.4 Å². The number of pyridine rings is 1. The Morgan fingerprint density at radius 3 is 1.85 bits per heavy atom. The minimum absolute atomic E-state index is 0. The fourth-order valence-corrected chi connectivity index (χ4v) is 2.32. The number of rotatable bonds is 7. The van der Waals surface area contributed by atoms with Gasteiger partial charge in [-0.2, -0.15) is 4.57 Å². The van der Waals surface area contributed by atoms with Gasteiger partial charge < -0.3 is 31.4 Å². The summed E-state index contributed by atoms with van der Waals surface area (Å²) < 4.78 is 22.1. The molecule has 0 saturated heterocycles. The van der Waals surface area contributed by atoms with Crippen LogP contribution < -0.4 is 31.2 Å². The van der Waals surface area contributed by atoms with Crippen LogP contribution in [-0.4, -0.2) is 40.2 Å². The number of ketones is 1. The molecule has 0 unspecified atom stereocenters. The molecular formula is C18H20ClNO6. The summed E-state index contributed by atoms with van der Waals surface area (Å²) in [6.07, 6.45) is 3.28. The van der Waals surface area contributed by atoms with Crippen LogP contribution in [0.1, 0.15) is 20.7 Å². The van der Waals surface area contributed by atoms with Crippen molar-refractivity contribution in [2.45, 2.75) is 6.54 Å². The van der Waals surface area contributed by atoms with Crippen LogP contribution >= 0.6 is 0 Å². The van der Waals surface area contributed by atoms with E-state index in [0.29, 0.717) is 28.4 Å². The molecule has 0 bridgehead atoms. The van der Waals surface area contributed by atoms with Gasteiger partial charge in [0.2, 0.25) is 18.1 Å². The lowest BCUT2D eigenvalue weighted by Gasteiger charge is -2.13. The van der Waals surface area contributed by atoms with Gasteiger partial charge in [0.1, 0.15) is 0 Å². The summed E-state index contributed by atoms with van der Waals surface area (Å²) in [7, 11) is 5.80. The number of benzene rings is 1. The lowest BCUT2D eigenvalue weighted by molar-refractivity contribution is -0.683. The molecule has 2 rings (SSSR count). The summed E-state index contributed by atoms with van der Waals surface area (Å²) in [4.78, 5) is 24.0. The Morgan fingerprint density at radius 1 is 0.885 bits per heavy atom. The molecule has 0 spiro atoms. The number of ether oxygens (including phenoxy) is 4. The number of aromatic nitrogens is 1. The van der Waals surface area contributed by atoms with Gasteiger partial charge in [-0.15, -0.1) is 0 Å². The minimum atomic E-state index is -0.428. The van der Waals surface area contributed by atoms with Crippen molar-refractivity contribution in [1.82, 2.24) is 0 Å². The van der Waals surface area contributed by atoms with Crippen molar-refractivity contribution < 1.29 is 45.5 Å². The van der Waals surface area contributed by atoms with E-state index in [-0.39, 0.29) is 24.7 Å². The van der Waals surface area contributed by atoms with Crippen LogP contribution in [0, 0.1) is 0 Å². The van der Waals surface area contributed by atoms with Gasteiger partial charge >= 0.3 is 5.97 Å². The molecular weight excluding hydrogens is 362 g/mol. The minimum Gasteiger partial charge on any atom is -1.00 e. The Hall–Kier alpha value is -2.80. The second kappa shape index (κ2) is 9.62. The van der Waals surface area contributed by atoms with E-state index in [1.165, 1.54) is 28.4 Å². The van der Waals surface area contributed by atoms with Crippen molar-refractivity contribution in [3.8, 4) is 17.2 Å². The van der Waals surface area contributed by atoms with Crippen molar-refractivity contribution in [3.63, 3.8) is 0 Å². The predicted molar refractivity (Wildman–Crippen MR) is 88.4 cm³/mol. The highest BCUT2D eigenvalue weighted by Gasteiger charge is 2.19. The monoisotopic (exact) mass is 381 g/mol. The number of methoxy groups -OCH3 is 4. The van der Waals surface area contributed by atoms with Crippen molar-refractivity contribution in [2.24, 2.45) is 0 Å². The molecule has 0 aliphatic carbocycles. The van der Waals surface area contributed by atoms with Gasteiger partial charge in [0.25, 0.3) is 0 Å². The van der Waals surface area contributed by atoms with Gasteiger partial charge in [0.05, 0.1) is 34.0 Å². The Labute approximate surface area is 157 Å².